The largest absolute Gasteiger partial charge is 0.488 e. The quantitative estimate of drug-likeness (QED) is 0.834. The van der Waals surface area contributed by atoms with Crippen LogP contribution in [0.3, 0.4) is 0 Å². The van der Waals surface area contributed by atoms with Crippen molar-refractivity contribution in [3.63, 3.8) is 0 Å². The Kier molecular flexibility index (Phi) is 4.72. The van der Waals surface area contributed by atoms with Gasteiger partial charge in [-0.15, -0.1) is 0 Å². The molecule has 0 spiro atoms. The average Bonchev–Trinajstić information content (AvgIpc) is 2.45. The minimum absolute atomic E-state index is 0.333. The first-order chi connectivity index (χ1) is 9.56. The lowest BCUT2D eigenvalue weighted by molar-refractivity contribution is 0.425. The van der Waals surface area contributed by atoms with Crippen molar-refractivity contribution < 1.29 is 10.0 Å². The fourth-order valence-electron chi connectivity index (χ4n) is 1.95. The summed E-state index contributed by atoms with van der Waals surface area (Å²) in [7, 11) is -1.45. The Hall–Kier alpha value is -1.91. The van der Waals surface area contributed by atoms with Crippen LogP contribution in [0.25, 0.3) is 12.2 Å². The van der Waals surface area contributed by atoms with E-state index >= 15 is 0 Å². The van der Waals surface area contributed by atoms with Gasteiger partial charge < -0.3 is 10.0 Å². The SMILES string of the molecule is CC(C)c1cc(/C=C/c2cccnc2)cc(B(O)O)c1. The maximum Gasteiger partial charge on any atom is 0.488 e. The van der Waals surface area contributed by atoms with Crippen molar-refractivity contribution in [2.24, 2.45) is 0 Å². The summed E-state index contributed by atoms with van der Waals surface area (Å²) in [6.07, 6.45) is 7.43. The van der Waals surface area contributed by atoms with Crippen LogP contribution in [-0.2, 0) is 0 Å². The molecule has 1 heterocycles. The Morgan fingerprint density at radius 3 is 2.45 bits per heavy atom. The Morgan fingerprint density at radius 1 is 1.10 bits per heavy atom. The van der Waals surface area contributed by atoms with Crippen molar-refractivity contribution in [3.8, 4) is 0 Å². The van der Waals surface area contributed by atoms with Gasteiger partial charge in [0.1, 0.15) is 0 Å². The summed E-state index contributed by atoms with van der Waals surface area (Å²) in [5, 5.41) is 18.7. The van der Waals surface area contributed by atoms with E-state index in [2.05, 4.69) is 24.9 Å². The van der Waals surface area contributed by atoms with Gasteiger partial charge in [-0.3, -0.25) is 4.98 Å². The molecule has 2 aromatic rings. The van der Waals surface area contributed by atoms with Gasteiger partial charge in [0.2, 0.25) is 0 Å². The summed E-state index contributed by atoms with van der Waals surface area (Å²) in [5.74, 6) is 0.333. The lowest BCUT2D eigenvalue weighted by atomic mass is 9.77. The molecular formula is C16H18BNO2. The number of pyridine rings is 1. The Morgan fingerprint density at radius 2 is 1.85 bits per heavy atom. The predicted octanol–water partition coefficient (Wildman–Crippen LogP) is 2.06. The highest BCUT2D eigenvalue weighted by atomic mass is 16.4. The second-order valence-corrected chi connectivity index (χ2v) is 5.08. The van der Waals surface area contributed by atoms with Gasteiger partial charge in [0.15, 0.2) is 0 Å². The zero-order chi connectivity index (χ0) is 14.5. The third-order valence-corrected chi connectivity index (χ3v) is 3.12. The standard InChI is InChI=1S/C16H18BNO2/c1-12(2)15-8-14(9-16(10-15)17(19)20)6-5-13-4-3-7-18-11-13/h3-12,19-20H,1-2H3/b6-5+. The van der Waals surface area contributed by atoms with Crippen LogP contribution in [-0.4, -0.2) is 22.2 Å². The van der Waals surface area contributed by atoms with Crippen LogP contribution in [0, 0.1) is 0 Å². The van der Waals surface area contributed by atoms with Gasteiger partial charge in [-0.1, -0.05) is 50.3 Å². The average molecular weight is 267 g/mol. The van der Waals surface area contributed by atoms with Gasteiger partial charge in [-0.05, 0) is 34.1 Å². The lowest BCUT2D eigenvalue weighted by Crippen LogP contribution is -2.30. The van der Waals surface area contributed by atoms with Crippen molar-refractivity contribution in [1.82, 2.24) is 4.98 Å². The molecule has 1 aromatic heterocycles. The van der Waals surface area contributed by atoms with Gasteiger partial charge in [0, 0.05) is 12.4 Å². The van der Waals surface area contributed by atoms with E-state index in [0.29, 0.717) is 11.4 Å². The maximum absolute atomic E-state index is 9.36. The molecule has 4 heteroatoms. The minimum atomic E-state index is -1.45. The van der Waals surface area contributed by atoms with Crippen molar-refractivity contribution in [2.45, 2.75) is 19.8 Å². The Balaban J connectivity index is 2.33. The second kappa shape index (κ2) is 6.50. The molecule has 1 aromatic carbocycles. The van der Waals surface area contributed by atoms with Gasteiger partial charge >= 0.3 is 7.12 Å². The fraction of sp³-hybridized carbons (Fsp3) is 0.188. The van der Waals surface area contributed by atoms with Crippen LogP contribution in [0.1, 0.15) is 36.5 Å². The molecule has 0 amide bonds. The first-order valence-corrected chi connectivity index (χ1v) is 6.65. The van der Waals surface area contributed by atoms with Gasteiger partial charge in [0.25, 0.3) is 0 Å². The highest BCUT2D eigenvalue weighted by Gasteiger charge is 2.13. The fourth-order valence-corrected chi connectivity index (χ4v) is 1.95. The van der Waals surface area contributed by atoms with Crippen molar-refractivity contribution >= 4 is 24.7 Å². The normalized spacial score (nSPS) is 11.2. The smallest absolute Gasteiger partial charge is 0.423 e. The summed E-state index contributed by atoms with van der Waals surface area (Å²) in [4.78, 5) is 4.06. The van der Waals surface area contributed by atoms with E-state index in [1.807, 2.05) is 30.4 Å². The molecule has 0 aliphatic carbocycles. The van der Waals surface area contributed by atoms with Crippen LogP contribution in [0.15, 0.2) is 42.7 Å². The summed E-state index contributed by atoms with van der Waals surface area (Å²) in [6, 6.07) is 9.52. The summed E-state index contributed by atoms with van der Waals surface area (Å²) >= 11 is 0. The number of rotatable bonds is 4. The van der Waals surface area contributed by atoms with Crippen molar-refractivity contribution in [1.29, 1.82) is 0 Å². The van der Waals surface area contributed by atoms with Crippen LogP contribution in [0.2, 0.25) is 0 Å². The zero-order valence-electron chi connectivity index (χ0n) is 11.7. The van der Waals surface area contributed by atoms with E-state index in [1.54, 1.807) is 18.5 Å². The maximum atomic E-state index is 9.36. The number of hydrogen-bond acceptors (Lipinski definition) is 3. The molecule has 2 N–H and O–H groups in total. The third kappa shape index (κ3) is 3.79. The van der Waals surface area contributed by atoms with Gasteiger partial charge in [-0.25, -0.2) is 0 Å². The molecule has 0 saturated heterocycles. The molecule has 0 aliphatic rings. The van der Waals surface area contributed by atoms with Crippen molar-refractivity contribution in [3.05, 3.63) is 59.4 Å². The van der Waals surface area contributed by atoms with Crippen LogP contribution in [0.4, 0.5) is 0 Å². The molecule has 0 fully saturated rings. The summed E-state index contributed by atoms with van der Waals surface area (Å²) < 4.78 is 0. The van der Waals surface area contributed by atoms with Crippen LogP contribution < -0.4 is 5.46 Å². The molecule has 2 rings (SSSR count). The van der Waals surface area contributed by atoms with Gasteiger partial charge in [0.05, 0.1) is 0 Å². The van der Waals surface area contributed by atoms with E-state index in [1.165, 1.54) is 0 Å². The lowest BCUT2D eigenvalue weighted by Gasteiger charge is -2.10. The molecule has 20 heavy (non-hydrogen) atoms. The number of hydrogen-bond donors (Lipinski definition) is 2. The molecule has 0 aliphatic heterocycles. The van der Waals surface area contributed by atoms with Crippen LogP contribution in [0.5, 0.6) is 0 Å². The molecule has 0 unspecified atom stereocenters. The van der Waals surface area contributed by atoms with E-state index in [-0.39, 0.29) is 0 Å². The zero-order valence-corrected chi connectivity index (χ0v) is 11.7. The molecule has 0 bridgehead atoms. The summed E-state index contributed by atoms with van der Waals surface area (Å²) in [6.45, 7) is 4.16. The molecule has 0 saturated carbocycles. The highest BCUT2D eigenvalue weighted by molar-refractivity contribution is 6.58. The molecule has 3 nitrogen and oxygen atoms in total. The summed E-state index contributed by atoms with van der Waals surface area (Å²) in [5.41, 5.74) is 3.56. The Bertz CT molecular complexity index is 568. The van der Waals surface area contributed by atoms with E-state index in [4.69, 9.17) is 0 Å². The number of aromatic nitrogens is 1. The molecular weight excluding hydrogens is 249 g/mol. The Labute approximate surface area is 119 Å². The van der Waals surface area contributed by atoms with Crippen molar-refractivity contribution in [2.75, 3.05) is 0 Å². The van der Waals surface area contributed by atoms with E-state index in [9.17, 15) is 10.0 Å². The first kappa shape index (κ1) is 14.5. The predicted molar refractivity (Wildman–Crippen MR) is 83.5 cm³/mol. The monoisotopic (exact) mass is 267 g/mol. The van der Waals surface area contributed by atoms with Gasteiger partial charge in [-0.2, -0.15) is 0 Å². The topological polar surface area (TPSA) is 53.4 Å². The highest BCUT2D eigenvalue weighted by Crippen LogP contribution is 2.16. The molecule has 0 radical (unpaired) electrons. The first-order valence-electron chi connectivity index (χ1n) is 6.65. The second-order valence-electron chi connectivity index (χ2n) is 5.08. The van der Waals surface area contributed by atoms with E-state index < -0.39 is 7.12 Å². The number of nitrogens with zero attached hydrogens (tertiary/aromatic N) is 1. The van der Waals surface area contributed by atoms with E-state index in [0.717, 1.165) is 16.7 Å². The van der Waals surface area contributed by atoms with Crippen LogP contribution >= 0.6 is 0 Å². The minimum Gasteiger partial charge on any atom is -0.423 e. The molecule has 0 atom stereocenters. The third-order valence-electron chi connectivity index (χ3n) is 3.12. The molecule has 102 valence electrons. The number of benzene rings is 1.